The molecule has 5 heteroatoms. The van der Waals surface area contributed by atoms with E-state index in [9.17, 15) is 0 Å². The van der Waals surface area contributed by atoms with Gasteiger partial charge in [-0.25, -0.2) is 0 Å². The maximum atomic E-state index is 6.19. The first-order valence-electron chi connectivity index (χ1n) is 6.25. The van der Waals surface area contributed by atoms with Crippen LogP contribution in [0, 0.1) is 0 Å². The third-order valence-electron chi connectivity index (χ3n) is 2.73. The van der Waals surface area contributed by atoms with Gasteiger partial charge in [0.15, 0.2) is 5.75 Å². The summed E-state index contributed by atoms with van der Waals surface area (Å²) in [6.07, 6.45) is 3.58. The van der Waals surface area contributed by atoms with Gasteiger partial charge in [-0.05, 0) is 38.6 Å². The molecule has 0 fully saturated rings. The molecule has 0 saturated carbocycles. The number of nitrogens with one attached hydrogen (secondary N) is 1. The molecule has 2 aromatic rings. The minimum atomic E-state index is 0.318. The predicted molar refractivity (Wildman–Crippen MR) is 76.9 cm³/mol. The molecule has 0 aliphatic rings. The van der Waals surface area contributed by atoms with Crippen LogP contribution in [0.3, 0.4) is 0 Å². The lowest BCUT2D eigenvalue weighted by Gasteiger charge is -2.07. The summed E-state index contributed by atoms with van der Waals surface area (Å²) in [6.45, 7) is 4.88. The maximum absolute atomic E-state index is 6.19. The zero-order valence-corrected chi connectivity index (χ0v) is 12.1. The summed E-state index contributed by atoms with van der Waals surface area (Å²) >= 11 is 6.19. The lowest BCUT2D eigenvalue weighted by Crippen LogP contribution is -2.05. The van der Waals surface area contributed by atoms with Crippen molar-refractivity contribution < 1.29 is 4.74 Å². The number of benzene rings is 1. The van der Waals surface area contributed by atoms with Crippen LogP contribution in [0.1, 0.15) is 25.5 Å². The van der Waals surface area contributed by atoms with Gasteiger partial charge < -0.3 is 10.1 Å². The van der Waals surface area contributed by atoms with E-state index in [4.69, 9.17) is 16.3 Å². The van der Waals surface area contributed by atoms with E-state index in [0.29, 0.717) is 22.6 Å². The highest BCUT2D eigenvalue weighted by Crippen LogP contribution is 2.27. The van der Waals surface area contributed by atoms with Gasteiger partial charge in [0, 0.05) is 17.6 Å². The van der Waals surface area contributed by atoms with E-state index in [-0.39, 0.29) is 0 Å². The highest BCUT2D eigenvalue weighted by atomic mass is 35.5. The largest absolute Gasteiger partial charge is 0.454 e. The minimum Gasteiger partial charge on any atom is -0.454 e. The summed E-state index contributed by atoms with van der Waals surface area (Å²) in [6, 6.07) is 6.01. The van der Waals surface area contributed by atoms with Crippen LogP contribution in [0.4, 0.5) is 0 Å². The standard InChI is InChI=1S/C14H18ClN3O/c1-10(2)18-9-13(8-17-18)19-12-5-4-11(7-16-3)14(15)6-12/h4-6,8-10,16H,7H2,1-3H3. The molecule has 102 valence electrons. The Labute approximate surface area is 118 Å². The average Bonchev–Trinajstić information content (AvgIpc) is 2.81. The molecule has 0 amide bonds. The molecule has 0 saturated heterocycles. The van der Waals surface area contributed by atoms with Gasteiger partial charge in [-0.15, -0.1) is 0 Å². The molecule has 0 aliphatic heterocycles. The summed E-state index contributed by atoms with van der Waals surface area (Å²) in [5.41, 5.74) is 1.05. The van der Waals surface area contributed by atoms with E-state index in [1.807, 2.05) is 36.1 Å². The van der Waals surface area contributed by atoms with Crippen molar-refractivity contribution >= 4 is 11.6 Å². The van der Waals surface area contributed by atoms with Crippen molar-refractivity contribution in [3.63, 3.8) is 0 Å². The first-order valence-corrected chi connectivity index (χ1v) is 6.63. The normalized spacial score (nSPS) is 11.0. The second-order valence-corrected chi connectivity index (χ2v) is 5.04. The molecular formula is C14H18ClN3O. The number of halogens is 1. The average molecular weight is 280 g/mol. The Morgan fingerprint density at radius 3 is 2.74 bits per heavy atom. The molecular weight excluding hydrogens is 262 g/mol. The number of hydrogen-bond donors (Lipinski definition) is 1. The van der Waals surface area contributed by atoms with Crippen LogP contribution >= 0.6 is 11.6 Å². The zero-order chi connectivity index (χ0) is 13.8. The summed E-state index contributed by atoms with van der Waals surface area (Å²) in [5, 5.41) is 8.00. The van der Waals surface area contributed by atoms with Crippen molar-refractivity contribution in [2.24, 2.45) is 0 Å². The van der Waals surface area contributed by atoms with Crippen molar-refractivity contribution in [2.45, 2.75) is 26.4 Å². The highest BCUT2D eigenvalue weighted by Gasteiger charge is 2.06. The minimum absolute atomic E-state index is 0.318. The Morgan fingerprint density at radius 1 is 1.37 bits per heavy atom. The second kappa shape index (κ2) is 6.08. The summed E-state index contributed by atoms with van der Waals surface area (Å²) in [7, 11) is 1.89. The van der Waals surface area contributed by atoms with Gasteiger partial charge in [-0.1, -0.05) is 17.7 Å². The van der Waals surface area contributed by atoms with Crippen LogP contribution in [0.15, 0.2) is 30.6 Å². The van der Waals surface area contributed by atoms with Crippen LogP contribution in [0.2, 0.25) is 5.02 Å². The molecule has 1 aromatic carbocycles. The lowest BCUT2D eigenvalue weighted by atomic mass is 10.2. The van der Waals surface area contributed by atoms with Crippen molar-refractivity contribution in [1.29, 1.82) is 0 Å². The molecule has 19 heavy (non-hydrogen) atoms. The fourth-order valence-electron chi connectivity index (χ4n) is 1.72. The van der Waals surface area contributed by atoms with Crippen LogP contribution < -0.4 is 10.1 Å². The quantitative estimate of drug-likeness (QED) is 0.908. The molecule has 0 bridgehead atoms. The van der Waals surface area contributed by atoms with Crippen molar-refractivity contribution in [2.75, 3.05) is 7.05 Å². The van der Waals surface area contributed by atoms with Gasteiger partial charge >= 0.3 is 0 Å². The van der Waals surface area contributed by atoms with Gasteiger partial charge in [0.2, 0.25) is 0 Å². The van der Waals surface area contributed by atoms with Gasteiger partial charge in [-0.2, -0.15) is 5.10 Å². The van der Waals surface area contributed by atoms with Gasteiger partial charge in [0.1, 0.15) is 5.75 Å². The molecule has 0 unspecified atom stereocenters. The molecule has 1 heterocycles. The summed E-state index contributed by atoms with van der Waals surface area (Å²) in [5.74, 6) is 1.43. The smallest absolute Gasteiger partial charge is 0.165 e. The molecule has 0 atom stereocenters. The third-order valence-corrected chi connectivity index (χ3v) is 3.09. The van der Waals surface area contributed by atoms with Crippen molar-refractivity contribution in [1.82, 2.24) is 15.1 Å². The van der Waals surface area contributed by atoms with Crippen molar-refractivity contribution in [3.05, 3.63) is 41.2 Å². The number of hydrogen-bond acceptors (Lipinski definition) is 3. The zero-order valence-electron chi connectivity index (χ0n) is 11.4. The van der Waals surface area contributed by atoms with Gasteiger partial charge in [0.05, 0.1) is 12.4 Å². The van der Waals surface area contributed by atoms with E-state index in [1.165, 1.54) is 0 Å². The molecule has 1 N–H and O–H groups in total. The van der Waals surface area contributed by atoms with Crippen molar-refractivity contribution in [3.8, 4) is 11.5 Å². The Balaban J connectivity index is 2.12. The van der Waals surface area contributed by atoms with E-state index in [0.717, 1.165) is 12.1 Å². The molecule has 0 aliphatic carbocycles. The molecule has 0 radical (unpaired) electrons. The maximum Gasteiger partial charge on any atom is 0.165 e. The highest BCUT2D eigenvalue weighted by molar-refractivity contribution is 6.31. The summed E-state index contributed by atoms with van der Waals surface area (Å²) in [4.78, 5) is 0. The number of rotatable bonds is 5. The van der Waals surface area contributed by atoms with Crippen LogP contribution in [-0.2, 0) is 6.54 Å². The molecule has 2 rings (SSSR count). The topological polar surface area (TPSA) is 39.1 Å². The van der Waals surface area contributed by atoms with E-state index >= 15 is 0 Å². The number of aromatic nitrogens is 2. The first-order chi connectivity index (χ1) is 9.10. The molecule has 0 spiro atoms. The predicted octanol–water partition coefficient (Wildman–Crippen LogP) is 3.63. The Morgan fingerprint density at radius 2 is 2.16 bits per heavy atom. The van der Waals surface area contributed by atoms with E-state index in [2.05, 4.69) is 24.3 Å². The Kier molecular flexibility index (Phi) is 4.45. The summed E-state index contributed by atoms with van der Waals surface area (Å²) < 4.78 is 7.59. The lowest BCUT2D eigenvalue weighted by molar-refractivity contribution is 0.477. The molecule has 4 nitrogen and oxygen atoms in total. The van der Waals surface area contributed by atoms with Crippen LogP contribution in [0.5, 0.6) is 11.5 Å². The Bertz CT molecular complexity index is 551. The van der Waals surface area contributed by atoms with E-state index < -0.39 is 0 Å². The first kappa shape index (κ1) is 13.9. The van der Waals surface area contributed by atoms with Crippen LogP contribution in [-0.4, -0.2) is 16.8 Å². The van der Waals surface area contributed by atoms with E-state index in [1.54, 1.807) is 6.20 Å². The van der Waals surface area contributed by atoms with Gasteiger partial charge in [-0.3, -0.25) is 4.68 Å². The number of ether oxygens (including phenoxy) is 1. The fraction of sp³-hybridized carbons (Fsp3) is 0.357. The Hall–Kier alpha value is -1.52. The SMILES string of the molecule is CNCc1ccc(Oc2cnn(C(C)C)c2)cc1Cl. The third kappa shape index (κ3) is 3.49. The fourth-order valence-corrected chi connectivity index (χ4v) is 1.95. The van der Waals surface area contributed by atoms with Crippen LogP contribution in [0.25, 0.3) is 0 Å². The monoisotopic (exact) mass is 279 g/mol. The number of nitrogens with zero attached hydrogens (tertiary/aromatic N) is 2. The van der Waals surface area contributed by atoms with Gasteiger partial charge in [0.25, 0.3) is 0 Å². The molecule has 1 aromatic heterocycles. The second-order valence-electron chi connectivity index (χ2n) is 4.64.